The summed E-state index contributed by atoms with van der Waals surface area (Å²) in [5.41, 5.74) is 3.88. The van der Waals surface area contributed by atoms with Crippen LogP contribution in [0, 0.1) is 17.8 Å². The number of hydrogen-bond acceptors (Lipinski definition) is 2. The van der Waals surface area contributed by atoms with Crippen LogP contribution in [0.4, 0.5) is 0 Å². The standard InChI is InChI=1S/C23H33O2Si/c1-22(2,3)19-7-6-18(14-24)21(25-26(4)5)20(19)23-11-15-8-16(12-23)10-17(9-15)13-23/h6-7,14-17H,8-13H2,1-5H3. The molecule has 0 spiro atoms. The Bertz CT molecular complexity index is 678. The second-order valence-electron chi connectivity index (χ2n) is 10.5. The van der Waals surface area contributed by atoms with E-state index in [0.717, 1.165) is 35.4 Å². The highest BCUT2D eigenvalue weighted by atomic mass is 28.3. The van der Waals surface area contributed by atoms with Gasteiger partial charge in [-0.15, -0.1) is 0 Å². The normalized spacial score (nSPS) is 32.9. The first kappa shape index (κ1) is 18.3. The molecule has 0 unspecified atom stereocenters. The molecular formula is C23H33O2Si. The molecular weight excluding hydrogens is 336 g/mol. The van der Waals surface area contributed by atoms with Gasteiger partial charge in [0.15, 0.2) is 6.29 Å². The van der Waals surface area contributed by atoms with Gasteiger partial charge < -0.3 is 4.43 Å². The number of carbonyl (C=O) groups is 1. The van der Waals surface area contributed by atoms with Gasteiger partial charge in [-0.25, -0.2) is 0 Å². The van der Waals surface area contributed by atoms with Crippen LogP contribution in [-0.2, 0) is 10.8 Å². The molecule has 4 bridgehead atoms. The highest BCUT2D eigenvalue weighted by Crippen LogP contribution is 2.63. The first-order valence-corrected chi connectivity index (χ1v) is 12.7. The largest absolute Gasteiger partial charge is 0.542 e. The molecule has 4 aliphatic rings. The average molecular weight is 370 g/mol. The molecule has 0 aromatic heterocycles. The van der Waals surface area contributed by atoms with E-state index < -0.39 is 9.04 Å². The Morgan fingerprint density at radius 1 is 1.04 bits per heavy atom. The smallest absolute Gasteiger partial charge is 0.274 e. The monoisotopic (exact) mass is 369 g/mol. The zero-order valence-corrected chi connectivity index (χ0v) is 18.0. The molecule has 141 valence electrons. The Hall–Kier alpha value is -1.09. The minimum Gasteiger partial charge on any atom is -0.542 e. The van der Waals surface area contributed by atoms with E-state index in [9.17, 15) is 4.79 Å². The van der Waals surface area contributed by atoms with Crippen molar-refractivity contribution < 1.29 is 9.22 Å². The third-order valence-corrected chi connectivity index (χ3v) is 7.61. The number of aldehydes is 1. The van der Waals surface area contributed by atoms with Crippen molar-refractivity contribution in [3.63, 3.8) is 0 Å². The van der Waals surface area contributed by atoms with Gasteiger partial charge in [0.2, 0.25) is 0 Å². The van der Waals surface area contributed by atoms with Crippen LogP contribution >= 0.6 is 0 Å². The minimum atomic E-state index is -0.931. The predicted molar refractivity (Wildman–Crippen MR) is 108 cm³/mol. The average Bonchev–Trinajstić information content (AvgIpc) is 2.51. The third-order valence-electron chi connectivity index (χ3n) is 7.00. The van der Waals surface area contributed by atoms with E-state index in [2.05, 4.69) is 39.9 Å². The van der Waals surface area contributed by atoms with Crippen LogP contribution in [0.2, 0.25) is 13.1 Å². The van der Waals surface area contributed by atoms with Crippen LogP contribution in [0.25, 0.3) is 0 Å². The highest BCUT2D eigenvalue weighted by Gasteiger charge is 2.53. The Morgan fingerprint density at radius 3 is 2.00 bits per heavy atom. The fourth-order valence-corrected chi connectivity index (χ4v) is 7.20. The van der Waals surface area contributed by atoms with Gasteiger partial charge in [-0.3, -0.25) is 4.79 Å². The van der Waals surface area contributed by atoms with Gasteiger partial charge in [-0.05, 0) is 86.4 Å². The fourth-order valence-electron chi connectivity index (χ4n) is 6.57. The van der Waals surface area contributed by atoms with Crippen LogP contribution in [0.3, 0.4) is 0 Å². The van der Waals surface area contributed by atoms with Crippen molar-refractivity contribution in [1.29, 1.82) is 0 Å². The molecule has 2 nitrogen and oxygen atoms in total. The first-order valence-electron chi connectivity index (χ1n) is 10.3. The van der Waals surface area contributed by atoms with E-state index in [1.165, 1.54) is 49.7 Å². The minimum absolute atomic E-state index is 0.0621. The van der Waals surface area contributed by atoms with Crippen LogP contribution < -0.4 is 4.43 Å². The van der Waals surface area contributed by atoms with E-state index in [0.29, 0.717) is 0 Å². The van der Waals surface area contributed by atoms with E-state index in [1.807, 2.05) is 6.07 Å². The second-order valence-corrected chi connectivity index (χ2v) is 12.5. The molecule has 1 aromatic carbocycles. The van der Waals surface area contributed by atoms with Gasteiger partial charge in [-0.1, -0.05) is 26.8 Å². The van der Waals surface area contributed by atoms with Gasteiger partial charge in [0.25, 0.3) is 9.04 Å². The molecule has 0 amide bonds. The zero-order valence-electron chi connectivity index (χ0n) is 17.0. The lowest BCUT2D eigenvalue weighted by Gasteiger charge is -2.58. The highest BCUT2D eigenvalue weighted by molar-refractivity contribution is 6.49. The van der Waals surface area contributed by atoms with Crippen molar-refractivity contribution in [1.82, 2.24) is 0 Å². The van der Waals surface area contributed by atoms with Crippen molar-refractivity contribution in [2.45, 2.75) is 83.2 Å². The molecule has 5 rings (SSSR count). The topological polar surface area (TPSA) is 26.3 Å². The van der Waals surface area contributed by atoms with E-state index in [-0.39, 0.29) is 10.8 Å². The molecule has 0 heterocycles. The van der Waals surface area contributed by atoms with E-state index in [4.69, 9.17) is 4.43 Å². The van der Waals surface area contributed by atoms with Gasteiger partial charge in [0.05, 0.1) is 5.56 Å². The van der Waals surface area contributed by atoms with Crippen molar-refractivity contribution in [3.8, 4) is 5.75 Å². The predicted octanol–water partition coefficient (Wildman–Crippen LogP) is 5.89. The molecule has 4 fully saturated rings. The molecule has 0 atom stereocenters. The summed E-state index contributed by atoms with van der Waals surface area (Å²) < 4.78 is 6.46. The Kier molecular flexibility index (Phi) is 4.37. The Balaban J connectivity index is 1.94. The zero-order chi connectivity index (χ0) is 18.7. The summed E-state index contributed by atoms with van der Waals surface area (Å²) in [6.07, 6.45) is 9.22. The maximum Gasteiger partial charge on any atom is 0.274 e. The van der Waals surface area contributed by atoms with Gasteiger partial charge in [-0.2, -0.15) is 0 Å². The lowest BCUT2D eigenvalue weighted by Crippen LogP contribution is -2.49. The van der Waals surface area contributed by atoms with Crippen LogP contribution in [0.15, 0.2) is 12.1 Å². The summed E-state index contributed by atoms with van der Waals surface area (Å²) in [5, 5.41) is 0. The quantitative estimate of drug-likeness (QED) is 0.488. The summed E-state index contributed by atoms with van der Waals surface area (Å²) in [5.74, 6) is 3.59. The molecule has 1 aromatic rings. The molecule has 4 aliphatic carbocycles. The fraction of sp³-hybridized carbons (Fsp3) is 0.696. The first-order chi connectivity index (χ1) is 12.2. The summed E-state index contributed by atoms with van der Waals surface area (Å²) in [4.78, 5) is 11.9. The van der Waals surface area contributed by atoms with Crippen molar-refractivity contribution >= 4 is 15.3 Å². The van der Waals surface area contributed by atoms with E-state index >= 15 is 0 Å². The SMILES string of the molecule is C[Si](C)Oc1c(C=O)ccc(C(C)(C)C)c1C12CC3CC(CC(C3)C1)C2. The Morgan fingerprint density at radius 2 is 1.58 bits per heavy atom. The van der Waals surface area contributed by atoms with Crippen LogP contribution in [0.1, 0.15) is 80.8 Å². The number of rotatable bonds is 4. The number of benzene rings is 1. The lowest BCUT2D eigenvalue weighted by atomic mass is 9.47. The van der Waals surface area contributed by atoms with Gasteiger partial charge in [0, 0.05) is 11.0 Å². The summed E-state index contributed by atoms with van der Waals surface area (Å²) in [6, 6.07) is 4.22. The molecule has 3 heteroatoms. The molecule has 0 saturated heterocycles. The van der Waals surface area contributed by atoms with Crippen molar-refractivity contribution in [2.75, 3.05) is 0 Å². The van der Waals surface area contributed by atoms with Crippen molar-refractivity contribution in [2.24, 2.45) is 17.8 Å². The summed E-state index contributed by atoms with van der Waals surface area (Å²) in [6.45, 7) is 11.3. The summed E-state index contributed by atoms with van der Waals surface area (Å²) in [7, 11) is -0.931. The molecule has 4 saturated carbocycles. The maximum atomic E-state index is 11.9. The maximum absolute atomic E-state index is 11.9. The number of carbonyl (C=O) groups excluding carboxylic acids is 1. The Labute approximate surface area is 160 Å². The van der Waals surface area contributed by atoms with Crippen LogP contribution in [-0.4, -0.2) is 15.3 Å². The molecule has 26 heavy (non-hydrogen) atoms. The summed E-state index contributed by atoms with van der Waals surface area (Å²) >= 11 is 0. The van der Waals surface area contributed by atoms with Crippen molar-refractivity contribution in [3.05, 3.63) is 28.8 Å². The lowest BCUT2D eigenvalue weighted by molar-refractivity contribution is -0.00659. The number of hydrogen-bond donors (Lipinski definition) is 0. The van der Waals surface area contributed by atoms with E-state index in [1.54, 1.807) is 0 Å². The van der Waals surface area contributed by atoms with Gasteiger partial charge in [0.1, 0.15) is 5.75 Å². The van der Waals surface area contributed by atoms with Crippen LogP contribution in [0.5, 0.6) is 5.75 Å². The third kappa shape index (κ3) is 2.96. The van der Waals surface area contributed by atoms with Gasteiger partial charge >= 0.3 is 0 Å². The molecule has 0 N–H and O–H groups in total. The second kappa shape index (κ2) is 6.22. The molecule has 1 radical (unpaired) electrons. The molecule has 0 aliphatic heterocycles.